The first-order valence-corrected chi connectivity index (χ1v) is 7.99. The Labute approximate surface area is 130 Å². The molecule has 110 valence electrons. The molecule has 2 heterocycles. The number of pyridine rings is 1. The number of hydrogen-bond donors (Lipinski definition) is 1. The molecule has 2 aromatic heterocycles. The van der Waals surface area contributed by atoms with E-state index in [0.29, 0.717) is 6.42 Å². The van der Waals surface area contributed by atoms with Crippen LogP contribution in [0.2, 0.25) is 0 Å². The van der Waals surface area contributed by atoms with Crippen molar-refractivity contribution in [1.29, 1.82) is 0 Å². The van der Waals surface area contributed by atoms with Gasteiger partial charge in [-0.25, -0.2) is 0 Å². The number of nitrogens with zero attached hydrogens (tertiary/aromatic N) is 2. The van der Waals surface area contributed by atoms with Crippen LogP contribution in [0.1, 0.15) is 29.5 Å². The zero-order valence-corrected chi connectivity index (χ0v) is 13.1. The van der Waals surface area contributed by atoms with Crippen LogP contribution in [0.25, 0.3) is 0 Å². The SMILES string of the molecule is CCN(Cc1ccccn1)Cc1sccc1C#CCCO. The predicted octanol–water partition coefficient (Wildman–Crippen LogP) is 2.90. The summed E-state index contributed by atoms with van der Waals surface area (Å²) in [6.45, 7) is 4.98. The van der Waals surface area contributed by atoms with Crippen LogP contribution in [0.5, 0.6) is 0 Å². The highest BCUT2D eigenvalue weighted by atomic mass is 32.1. The quantitative estimate of drug-likeness (QED) is 0.833. The maximum Gasteiger partial charge on any atom is 0.0544 e. The summed E-state index contributed by atoms with van der Waals surface area (Å²) in [5.41, 5.74) is 2.16. The molecule has 0 fully saturated rings. The van der Waals surface area contributed by atoms with E-state index in [1.807, 2.05) is 18.3 Å². The Morgan fingerprint density at radius 2 is 2.19 bits per heavy atom. The highest BCUT2D eigenvalue weighted by Gasteiger charge is 2.09. The van der Waals surface area contributed by atoms with Gasteiger partial charge in [-0.05, 0) is 30.1 Å². The Bertz CT molecular complexity index is 598. The molecule has 0 saturated carbocycles. The minimum atomic E-state index is 0.118. The Kier molecular flexibility index (Phi) is 6.42. The molecule has 2 aromatic rings. The average molecular weight is 300 g/mol. The lowest BCUT2D eigenvalue weighted by Crippen LogP contribution is -2.22. The molecule has 0 radical (unpaired) electrons. The number of aromatic nitrogens is 1. The van der Waals surface area contributed by atoms with E-state index in [9.17, 15) is 0 Å². The molecule has 0 spiro atoms. The third-order valence-corrected chi connectivity index (χ3v) is 4.04. The molecule has 3 nitrogen and oxygen atoms in total. The van der Waals surface area contributed by atoms with Gasteiger partial charge in [0.1, 0.15) is 0 Å². The molecular formula is C17H20N2OS. The van der Waals surface area contributed by atoms with Crippen molar-refractivity contribution in [3.8, 4) is 11.8 Å². The third-order valence-electron chi connectivity index (χ3n) is 3.13. The van der Waals surface area contributed by atoms with Crippen molar-refractivity contribution in [2.24, 2.45) is 0 Å². The fraction of sp³-hybridized carbons (Fsp3) is 0.353. The number of aliphatic hydroxyl groups is 1. The van der Waals surface area contributed by atoms with Gasteiger partial charge in [0.25, 0.3) is 0 Å². The second-order valence-electron chi connectivity index (χ2n) is 4.66. The largest absolute Gasteiger partial charge is 0.395 e. The van der Waals surface area contributed by atoms with Crippen LogP contribution in [0.15, 0.2) is 35.8 Å². The third kappa shape index (κ3) is 4.98. The van der Waals surface area contributed by atoms with E-state index >= 15 is 0 Å². The minimum Gasteiger partial charge on any atom is -0.395 e. The molecule has 1 N–H and O–H groups in total. The molecule has 4 heteroatoms. The summed E-state index contributed by atoms with van der Waals surface area (Å²) >= 11 is 1.73. The lowest BCUT2D eigenvalue weighted by atomic mass is 10.2. The topological polar surface area (TPSA) is 36.4 Å². The summed E-state index contributed by atoms with van der Waals surface area (Å²) in [6, 6.07) is 8.07. The molecule has 21 heavy (non-hydrogen) atoms. The smallest absolute Gasteiger partial charge is 0.0544 e. The number of hydrogen-bond acceptors (Lipinski definition) is 4. The summed E-state index contributed by atoms with van der Waals surface area (Å²) in [6.07, 6.45) is 2.36. The lowest BCUT2D eigenvalue weighted by molar-refractivity contribution is 0.270. The van der Waals surface area contributed by atoms with Gasteiger partial charge < -0.3 is 5.11 Å². The molecule has 0 aliphatic carbocycles. The van der Waals surface area contributed by atoms with Crippen molar-refractivity contribution < 1.29 is 5.11 Å². The monoisotopic (exact) mass is 300 g/mol. The fourth-order valence-corrected chi connectivity index (χ4v) is 2.86. The molecule has 2 rings (SSSR count). The van der Waals surface area contributed by atoms with E-state index in [1.54, 1.807) is 11.3 Å². The minimum absolute atomic E-state index is 0.118. The van der Waals surface area contributed by atoms with Gasteiger partial charge in [-0.2, -0.15) is 0 Å². The Morgan fingerprint density at radius 1 is 1.29 bits per heavy atom. The maximum atomic E-state index is 8.80. The molecule has 0 aromatic carbocycles. The van der Waals surface area contributed by atoms with Gasteiger partial charge >= 0.3 is 0 Å². The summed E-state index contributed by atoms with van der Waals surface area (Å²) < 4.78 is 0. The molecule has 0 bridgehead atoms. The molecule has 0 amide bonds. The normalized spacial score (nSPS) is 10.4. The van der Waals surface area contributed by atoms with Gasteiger partial charge in [0, 0.05) is 36.1 Å². The second kappa shape index (κ2) is 8.58. The number of rotatable bonds is 6. The summed E-state index contributed by atoms with van der Waals surface area (Å²) in [5, 5.41) is 10.9. The first-order valence-electron chi connectivity index (χ1n) is 7.11. The molecule has 0 aliphatic rings. The highest BCUT2D eigenvalue weighted by Crippen LogP contribution is 2.19. The highest BCUT2D eigenvalue weighted by molar-refractivity contribution is 7.10. The lowest BCUT2D eigenvalue weighted by Gasteiger charge is -2.19. The van der Waals surface area contributed by atoms with E-state index in [-0.39, 0.29) is 6.61 Å². The zero-order valence-electron chi connectivity index (χ0n) is 12.2. The maximum absolute atomic E-state index is 8.80. The summed E-state index contributed by atoms with van der Waals surface area (Å²) in [7, 11) is 0. The van der Waals surface area contributed by atoms with Crippen LogP contribution >= 0.6 is 11.3 Å². The zero-order chi connectivity index (χ0) is 14.9. The van der Waals surface area contributed by atoms with Gasteiger partial charge in [0.05, 0.1) is 12.3 Å². The van der Waals surface area contributed by atoms with Crippen LogP contribution in [0.3, 0.4) is 0 Å². The van der Waals surface area contributed by atoms with Crippen LogP contribution in [0, 0.1) is 11.8 Å². The van der Waals surface area contributed by atoms with E-state index < -0.39 is 0 Å². The summed E-state index contributed by atoms with van der Waals surface area (Å²) in [4.78, 5) is 8.01. The molecule has 0 saturated heterocycles. The van der Waals surface area contributed by atoms with Crippen LogP contribution in [-0.4, -0.2) is 28.1 Å². The van der Waals surface area contributed by atoms with Crippen molar-refractivity contribution in [3.05, 3.63) is 52.0 Å². The Balaban J connectivity index is 2.02. The first-order chi connectivity index (χ1) is 10.3. The molecule has 0 aliphatic heterocycles. The van der Waals surface area contributed by atoms with E-state index in [1.165, 1.54) is 4.88 Å². The molecular weight excluding hydrogens is 280 g/mol. The van der Waals surface area contributed by atoms with E-state index in [2.05, 4.69) is 46.2 Å². The van der Waals surface area contributed by atoms with Gasteiger partial charge in [0.2, 0.25) is 0 Å². The van der Waals surface area contributed by atoms with Gasteiger partial charge in [-0.1, -0.05) is 24.8 Å². The van der Waals surface area contributed by atoms with Crippen molar-refractivity contribution in [2.45, 2.75) is 26.4 Å². The van der Waals surface area contributed by atoms with E-state index in [0.717, 1.165) is 30.9 Å². The van der Waals surface area contributed by atoms with Crippen LogP contribution in [0.4, 0.5) is 0 Å². The molecule has 0 unspecified atom stereocenters. The van der Waals surface area contributed by atoms with Crippen molar-refractivity contribution in [3.63, 3.8) is 0 Å². The van der Waals surface area contributed by atoms with Crippen LogP contribution < -0.4 is 0 Å². The average Bonchev–Trinajstić information content (AvgIpc) is 2.95. The standard InChI is InChI=1S/C17H20N2OS/c1-2-19(13-16-8-3-5-10-18-16)14-17-15(9-12-21-17)7-4-6-11-20/h3,5,8-10,12,20H,2,6,11,13-14H2,1H3. The fourth-order valence-electron chi connectivity index (χ4n) is 1.99. The number of thiophene rings is 1. The first kappa shape index (κ1) is 15.7. The number of aliphatic hydroxyl groups excluding tert-OH is 1. The van der Waals surface area contributed by atoms with Crippen molar-refractivity contribution >= 4 is 11.3 Å². The molecule has 0 atom stereocenters. The Morgan fingerprint density at radius 3 is 2.90 bits per heavy atom. The van der Waals surface area contributed by atoms with Gasteiger partial charge in [0.15, 0.2) is 0 Å². The van der Waals surface area contributed by atoms with Gasteiger partial charge in [-0.15, -0.1) is 11.3 Å². The second-order valence-corrected chi connectivity index (χ2v) is 5.66. The van der Waals surface area contributed by atoms with Gasteiger partial charge in [-0.3, -0.25) is 9.88 Å². The summed E-state index contributed by atoms with van der Waals surface area (Å²) in [5.74, 6) is 6.14. The predicted molar refractivity (Wildman–Crippen MR) is 86.9 cm³/mol. The van der Waals surface area contributed by atoms with E-state index in [4.69, 9.17) is 5.11 Å². The van der Waals surface area contributed by atoms with Crippen LogP contribution in [-0.2, 0) is 13.1 Å². The van der Waals surface area contributed by atoms with Crippen molar-refractivity contribution in [2.75, 3.05) is 13.2 Å². The van der Waals surface area contributed by atoms with Crippen molar-refractivity contribution in [1.82, 2.24) is 9.88 Å². The Hall–Kier alpha value is -1.67.